The minimum Gasteiger partial charge on any atom is -0.288 e. The molecule has 3 aromatic rings. The van der Waals surface area contributed by atoms with Crippen LogP contribution in [-0.2, 0) is 13.0 Å². The van der Waals surface area contributed by atoms with Gasteiger partial charge in [0, 0.05) is 13.1 Å². The van der Waals surface area contributed by atoms with E-state index >= 15 is 0 Å². The molecule has 0 radical (unpaired) electrons. The van der Waals surface area contributed by atoms with E-state index in [1.54, 1.807) is 6.07 Å². The second kappa shape index (κ2) is 8.11. The Kier molecular flexibility index (Phi) is 5.86. The van der Waals surface area contributed by atoms with Crippen LogP contribution in [0.2, 0.25) is 0 Å². The molecule has 1 aliphatic rings. The van der Waals surface area contributed by atoms with Crippen molar-refractivity contribution in [3.8, 4) is 0 Å². The average molecular weight is 445 g/mol. The highest BCUT2D eigenvalue weighted by Crippen LogP contribution is 2.36. The Labute approximate surface area is 165 Å². The highest BCUT2D eigenvalue weighted by Gasteiger charge is 2.28. The molecule has 0 N–H and O–H groups in total. The van der Waals surface area contributed by atoms with Gasteiger partial charge in [0.2, 0.25) is 0 Å². The molecule has 0 bridgehead atoms. The largest absolute Gasteiger partial charge is 0.288 e. The van der Waals surface area contributed by atoms with E-state index in [2.05, 4.69) is 53.4 Å². The van der Waals surface area contributed by atoms with E-state index in [-0.39, 0.29) is 35.8 Å². The maximum absolute atomic E-state index is 13.8. The molecule has 0 spiro atoms. The van der Waals surface area contributed by atoms with Crippen LogP contribution in [0.15, 0.2) is 78.9 Å². The molecule has 0 saturated heterocycles. The monoisotopic (exact) mass is 445 g/mol. The Balaban J connectivity index is 0.00000182. The van der Waals surface area contributed by atoms with Crippen molar-refractivity contribution >= 4 is 24.0 Å². The van der Waals surface area contributed by atoms with Crippen molar-refractivity contribution in [3.63, 3.8) is 0 Å². The minimum absolute atomic E-state index is 0. The van der Waals surface area contributed by atoms with Gasteiger partial charge in [-0.05, 0) is 40.8 Å². The molecule has 3 heteroatoms. The number of fused-ring (bicyclic) bond motifs is 1. The lowest BCUT2D eigenvalue weighted by Crippen LogP contribution is -2.35. The molecule has 0 aromatic heterocycles. The number of nitrogens with zero attached hydrogens (tertiary/aromatic N) is 1. The summed E-state index contributed by atoms with van der Waals surface area (Å²) < 4.78 is 13.8. The summed E-state index contributed by atoms with van der Waals surface area (Å²) in [5, 5.41) is 0. The molecular formula is C22H21FIN. The number of halogens is 2. The van der Waals surface area contributed by atoms with E-state index in [1.807, 2.05) is 18.2 Å². The van der Waals surface area contributed by atoms with E-state index in [0.29, 0.717) is 0 Å². The number of benzene rings is 3. The molecular weight excluding hydrogens is 424 g/mol. The molecule has 0 fully saturated rings. The van der Waals surface area contributed by atoms with Crippen LogP contribution < -0.4 is 0 Å². The molecule has 0 amide bonds. The Bertz CT molecular complexity index is 834. The summed E-state index contributed by atoms with van der Waals surface area (Å²) in [6, 6.07) is 26.2. The lowest BCUT2D eigenvalue weighted by Gasteiger charge is -2.38. The number of rotatable bonds is 3. The van der Waals surface area contributed by atoms with Crippen molar-refractivity contribution in [2.24, 2.45) is 0 Å². The fourth-order valence-corrected chi connectivity index (χ4v) is 3.67. The molecule has 1 aliphatic heterocycles. The molecule has 1 unspecified atom stereocenters. The molecule has 1 nitrogen and oxygen atoms in total. The van der Waals surface area contributed by atoms with Crippen LogP contribution in [0, 0.1) is 5.82 Å². The predicted octanol–water partition coefficient (Wildman–Crippen LogP) is 5.59. The average Bonchev–Trinajstić information content (AvgIpc) is 2.62. The molecule has 25 heavy (non-hydrogen) atoms. The number of hydrogen-bond donors (Lipinski definition) is 0. The Hall–Kier alpha value is -1.72. The Morgan fingerprint density at radius 2 is 1.64 bits per heavy atom. The fraction of sp³-hybridized carbons (Fsp3) is 0.182. The zero-order valence-corrected chi connectivity index (χ0v) is 16.3. The number of hydrogen-bond acceptors (Lipinski definition) is 1. The van der Waals surface area contributed by atoms with Gasteiger partial charge in [-0.1, -0.05) is 66.7 Å². The van der Waals surface area contributed by atoms with Gasteiger partial charge in [0.15, 0.2) is 0 Å². The predicted molar refractivity (Wildman–Crippen MR) is 111 cm³/mol. The first-order chi connectivity index (χ1) is 11.8. The van der Waals surface area contributed by atoms with Crippen molar-refractivity contribution in [2.45, 2.75) is 19.0 Å². The van der Waals surface area contributed by atoms with Crippen LogP contribution in [0.4, 0.5) is 4.39 Å². The van der Waals surface area contributed by atoms with Gasteiger partial charge in [0.1, 0.15) is 5.82 Å². The Morgan fingerprint density at radius 3 is 2.44 bits per heavy atom. The van der Waals surface area contributed by atoms with E-state index in [0.717, 1.165) is 25.1 Å². The maximum Gasteiger partial charge on any atom is 0.123 e. The van der Waals surface area contributed by atoms with E-state index in [1.165, 1.54) is 22.8 Å². The van der Waals surface area contributed by atoms with Gasteiger partial charge >= 0.3 is 0 Å². The third kappa shape index (κ3) is 3.93. The van der Waals surface area contributed by atoms with Gasteiger partial charge in [-0.2, -0.15) is 0 Å². The topological polar surface area (TPSA) is 3.24 Å². The van der Waals surface area contributed by atoms with E-state index in [4.69, 9.17) is 0 Å². The van der Waals surface area contributed by atoms with Crippen LogP contribution in [0.5, 0.6) is 0 Å². The SMILES string of the molecule is Fc1cccc(C2c3ccccc3CCN2Cc2ccccc2)c1.I. The van der Waals surface area contributed by atoms with Gasteiger partial charge < -0.3 is 0 Å². The van der Waals surface area contributed by atoms with Crippen LogP contribution >= 0.6 is 24.0 Å². The molecule has 1 heterocycles. The lowest BCUT2D eigenvalue weighted by molar-refractivity contribution is 0.204. The van der Waals surface area contributed by atoms with Crippen molar-refractivity contribution in [2.75, 3.05) is 6.54 Å². The maximum atomic E-state index is 13.8. The van der Waals surface area contributed by atoms with Gasteiger partial charge in [-0.15, -0.1) is 24.0 Å². The molecule has 1 atom stereocenters. The van der Waals surface area contributed by atoms with Gasteiger partial charge in [-0.25, -0.2) is 4.39 Å². The van der Waals surface area contributed by atoms with E-state index in [9.17, 15) is 4.39 Å². The highest BCUT2D eigenvalue weighted by molar-refractivity contribution is 14.0. The normalized spacial score (nSPS) is 16.8. The first-order valence-corrected chi connectivity index (χ1v) is 8.42. The van der Waals surface area contributed by atoms with Crippen molar-refractivity contribution in [3.05, 3.63) is 107 Å². The molecule has 0 aliphatic carbocycles. The standard InChI is InChI=1S/C22H20FN.HI/c23-20-11-6-10-19(15-20)22-21-12-5-4-9-18(21)13-14-24(22)16-17-7-2-1-3-8-17;/h1-12,15,22H,13-14,16H2;1H. The van der Waals surface area contributed by atoms with Crippen molar-refractivity contribution in [1.29, 1.82) is 0 Å². The second-order valence-electron chi connectivity index (χ2n) is 6.36. The zero-order chi connectivity index (χ0) is 16.4. The van der Waals surface area contributed by atoms with Crippen LogP contribution in [0.25, 0.3) is 0 Å². The summed E-state index contributed by atoms with van der Waals surface area (Å²) in [4.78, 5) is 2.45. The van der Waals surface area contributed by atoms with Crippen molar-refractivity contribution < 1.29 is 4.39 Å². The summed E-state index contributed by atoms with van der Waals surface area (Å²) in [6.45, 7) is 1.85. The first kappa shape index (κ1) is 18.1. The highest BCUT2D eigenvalue weighted by atomic mass is 127. The fourth-order valence-electron chi connectivity index (χ4n) is 3.67. The lowest BCUT2D eigenvalue weighted by atomic mass is 9.88. The molecule has 128 valence electrons. The third-order valence-electron chi connectivity index (χ3n) is 4.78. The summed E-state index contributed by atoms with van der Waals surface area (Å²) in [5.41, 5.74) is 4.98. The third-order valence-corrected chi connectivity index (χ3v) is 4.78. The van der Waals surface area contributed by atoms with E-state index < -0.39 is 0 Å². The minimum atomic E-state index is -0.171. The summed E-state index contributed by atoms with van der Waals surface area (Å²) in [7, 11) is 0. The second-order valence-corrected chi connectivity index (χ2v) is 6.36. The molecule has 4 rings (SSSR count). The van der Waals surface area contributed by atoms with Gasteiger partial charge in [-0.3, -0.25) is 4.90 Å². The quantitative estimate of drug-likeness (QED) is 0.475. The van der Waals surface area contributed by atoms with Crippen LogP contribution in [0.3, 0.4) is 0 Å². The molecule has 0 saturated carbocycles. The molecule has 3 aromatic carbocycles. The zero-order valence-electron chi connectivity index (χ0n) is 13.9. The van der Waals surface area contributed by atoms with Gasteiger partial charge in [0.25, 0.3) is 0 Å². The Morgan fingerprint density at radius 1 is 0.880 bits per heavy atom. The van der Waals surface area contributed by atoms with Crippen molar-refractivity contribution in [1.82, 2.24) is 4.90 Å². The first-order valence-electron chi connectivity index (χ1n) is 8.42. The summed E-state index contributed by atoms with van der Waals surface area (Å²) in [5.74, 6) is -0.171. The van der Waals surface area contributed by atoms with Gasteiger partial charge in [0.05, 0.1) is 6.04 Å². The smallest absolute Gasteiger partial charge is 0.123 e. The summed E-state index contributed by atoms with van der Waals surface area (Å²) in [6.07, 6.45) is 1.04. The van der Waals surface area contributed by atoms with Crippen LogP contribution in [-0.4, -0.2) is 11.4 Å². The van der Waals surface area contributed by atoms with Crippen LogP contribution in [0.1, 0.15) is 28.3 Å². The summed E-state index contributed by atoms with van der Waals surface area (Å²) >= 11 is 0.